The molecule has 2 aromatic carbocycles. The van der Waals surface area contributed by atoms with Crippen molar-refractivity contribution in [3.63, 3.8) is 0 Å². The lowest BCUT2D eigenvalue weighted by molar-refractivity contribution is -0.134. The summed E-state index contributed by atoms with van der Waals surface area (Å²) in [4.78, 5) is 23.2. The summed E-state index contributed by atoms with van der Waals surface area (Å²) in [5, 5.41) is 20.0. The molecule has 1 aliphatic heterocycles. The first-order valence-corrected chi connectivity index (χ1v) is 9.28. The highest BCUT2D eigenvalue weighted by atomic mass is 16.3. The van der Waals surface area contributed by atoms with E-state index in [0.717, 1.165) is 23.0 Å². The average Bonchev–Trinajstić information content (AvgIpc) is 2.70. The summed E-state index contributed by atoms with van der Waals surface area (Å²) in [6.07, 6.45) is 2.72. The van der Waals surface area contributed by atoms with Crippen LogP contribution in [0.2, 0.25) is 0 Å². The van der Waals surface area contributed by atoms with Crippen LogP contribution in [-0.4, -0.2) is 43.7 Å². The molecule has 1 saturated heterocycles. The molecule has 2 atom stereocenters. The lowest BCUT2D eigenvalue weighted by atomic mass is 9.89. The molecule has 4 N–H and O–H groups in total. The van der Waals surface area contributed by atoms with Gasteiger partial charge in [-0.15, -0.1) is 0 Å². The Labute approximate surface area is 162 Å². The van der Waals surface area contributed by atoms with Crippen molar-refractivity contribution in [2.75, 3.05) is 6.54 Å². The second kappa shape index (κ2) is 7.44. The Morgan fingerprint density at radius 1 is 1.14 bits per heavy atom. The van der Waals surface area contributed by atoms with Crippen molar-refractivity contribution in [2.45, 2.75) is 31.3 Å². The summed E-state index contributed by atoms with van der Waals surface area (Å²) >= 11 is 0. The van der Waals surface area contributed by atoms with E-state index < -0.39 is 6.17 Å². The zero-order valence-electron chi connectivity index (χ0n) is 15.3. The van der Waals surface area contributed by atoms with E-state index in [1.165, 1.54) is 12.1 Å². The fourth-order valence-electron chi connectivity index (χ4n) is 3.86. The fourth-order valence-corrected chi connectivity index (χ4v) is 3.86. The standard InChI is InChI=1S/C21H22N4O3/c22-19-11-14(21-15-3-1-2-4-16(15)23-12-24-21)7-8-25(19)20(28)10-13-5-6-17(26)18(27)9-13/h1-6,9,12,14,19,26-27H,7-8,10-11,22H2. The first-order valence-electron chi connectivity index (χ1n) is 9.28. The molecular formula is C21H22N4O3. The number of hydrogen-bond acceptors (Lipinski definition) is 6. The number of piperidine rings is 1. The van der Waals surface area contributed by atoms with Crippen molar-refractivity contribution in [3.8, 4) is 11.5 Å². The number of phenolic OH excluding ortho intramolecular Hbond substituents is 2. The summed E-state index contributed by atoms with van der Waals surface area (Å²) in [5.74, 6) is -0.358. The van der Waals surface area contributed by atoms with Gasteiger partial charge in [0, 0.05) is 17.8 Å². The molecule has 0 saturated carbocycles. The van der Waals surface area contributed by atoms with Crippen LogP contribution < -0.4 is 5.73 Å². The van der Waals surface area contributed by atoms with E-state index in [1.807, 2.05) is 24.3 Å². The highest BCUT2D eigenvalue weighted by Crippen LogP contribution is 2.33. The molecular weight excluding hydrogens is 356 g/mol. The van der Waals surface area contributed by atoms with Crippen molar-refractivity contribution >= 4 is 16.8 Å². The van der Waals surface area contributed by atoms with Gasteiger partial charge in [0.25, 0.3) is 0 Å². The van der Waals surface area contributed by atoms with E-state index in [4.69, 9.17) is 5.73 Å². The van der Waals surface area contributed by atoms with Crippen LogP contribution in [0.5, 0.6) is 11.5 Å². The number of benzene rings is 2. The van der Waals surface area contributed by atoms with Crippen molar-refractivity contribution < 1.29 is 15.0 Å². The molecule has 7 heteroatoms. The van der Waals surface area contributed by atoms with Crippen molar-refractivity contribution in [1.29, 1.82) is 0 Å². The van der Waals surface area contributed by atoms with Gasteiger partial charge in [0.05, 0.1) is 23.8 Å². The molecule has 144 valence electrons. The summed E-state index contributed by atoms with van der Waals surface area (Å²) in [5.41, 5.74) is 8.86. The van der Waals surface area contributed by atoms with Crippen LogP contribution in [0.3, 0.4) is 0 Å². The van der Waals surface area contributed by atoms with Gasteiger partial charge in [-0.25, -0.2) is 9.97 Å². The van der Waals surface area contributed by atoms with E-state index in [0.29, 0.717) is 18.5 Å². The van der Waals surface area contributed by atoms with Crippen molar-refractivity contribution in [1.82, 2.24) is 14.9 Å². The zero-order chi connectivity index (χ0) is 19.7. The van der Waals surface area contributed by atoms with Crippen LogP contribution in [0.15, 0.2) is 48.8 Å². The smallest absolute Gasteiger partial charge is 0.228 e. The summed E-state index contributed by atoms with van der Waals surface area (Å²) in [6.45, 7) is 0.549. The normalized spacial score (nSPS) is 19.7. The molecule has 1 aliphatic rings. The number of para-hydroxylation sites is 1. The van der Waals surface area contributed by atoms with Crippen molar-refractivity contribution in [2.24, 2.45) is 5.73 Å². The minimum absolute atomic E-state index is 0.0939. The molecule has 1 aromatic heterocycles. The van der Waals surface area contributed by atoms with Crippen LogP contribution in [-0.2, 0) is 11.2 Å². The van der Waals surface area contributed by atoms with E-state index >= 15 is 0 Å². The van der Waals surface area contributed by atoms with Gasteiger partial charge in [-0.3, -0.25) is 4.79 Å². The number of likely N-dealkylation sites (tertiary alicyclic amines) is 1. The fraction of sp³-hybridized carbons (Fsp3) is 0.286. The predicted molar refractivity (Wildman–Crippen MR) is 105 cm³/mol. The molecule has 0 bridgehead atoms. The Hall–Kier alpha value is -3.19. The number of aromatic hydroxyl groups is 2. The van der Waals surface area contributed by atoms with Gasteiger partial charge in [-0.1, -0.05) is 24.3 Å². The molecule has 7 nitrogen and oxygen atoms in total. The number of carbonyl (C=O) groups excluding carboxylic acids is 1. The molecule has 28 heavy (non-hydrogen) atoms. The van der Waals surface area contributed by atoms with Gasteiger partial charge in [0.15, 0.2) is 11.5 Å². The number of carbonyl (C=O) groups is 1. The number of nitrogens with zero attached hydrogens (tertiary/aromatic N) is 3. The number of nitrogens with two attached hydrogens (primary N) is 1. The van der Waals surface area contributed by atoms with E-state index in [-0.39, 0.29) is 29.7 Å². The van der Waals surface area contributed by atoms with Gasteiger partial charge < -0.3 is 20.8 Å². The first kappa shape index (κ1) is 18.2. The van der Waals surface area contributed by atoms with Gasteiger partial charge in [-0.2, -0.15) is 0 Å². The highest BCUT2D eigenvalue weighted by Gasteiger charge is 2.31. The molecule has 0 spiro atoms. The van der Waals surface area contributed by atoms with E-state index in [1.54, 1.807) is 17.3 Å². The minimum atomic E-state index is -0.398. The summed E-state index contributed by atoms with van der Waals surface area (Å²) < 4.78 is 0. The largest absolute Gasteiger partial charge is 0.504 e. The number of aromatic nitrogens is 2. The van der Waals surface area contributed by atoms with E-state index in [2.05, 4.69) is 9.97 Å². The number of fused-ring (bicyclic) bond motifs is 1. The maximum Gasteiger partial charge on any atom is 0.228 e. The van der Waals surface area contributed by atoms with Crippen LogP contribution >= 0.6 is 0 Å². The third-order valence-electron chi connectivity index (χ3n) is 5.32. The lowest BCUT2D eigenvalue weighted by Crippen LogP contribution is -2.51. The Balaban J connectivity index is 1.47. The van der Waals surface area contributed by atoms with Crippen LogP contribution in [0.4, 0.5) is 0 Å². The average molecular weight is 378 g/mol. The maximum atomic E-state index is 12.7. The van der Waals surface area contributed by atoms with Gasteiger partial charge >= 0.3 is 0 Å². The van der Waals surface area contributed by atoms with Crippen LogP contribution in [0, 0.1) is 0 Å². The number of phenols is 2. The molecule has 4 rings (SSSR count). The molecule has 0 aliphatic carbocycles. The van der Waals surface area contributed by atoms with Gasteiger partial charge in [-0.05, 0) is 36.6 Å². The first-order chi connectivity index (χ1) is 13.5. The number of hydrogen-bond donors (Lipinski definition) is 3. The predicted octanol–water partition coefficient (Wildman–Crippen LogP) is 2.27. The molecule has 1 fully saturated rings. The van der Waals surface area contributed by atoms with Gasteiger partial charge in [0.2, 0.25) is 5.91 Å². The summed E-state index contributed by atoms with van der Waals surface area (Å²) in [7, 11) is 0. The lowest BCUT2D eigenvalue weighted by Gasteiger charge is -2.37. The Kier molecular flexibility index (Phi) is 4.83. The van der Waals surface area contributed by atoms with Crippen LogP contribution in [0.25, 0.3) is 10.9 Å². The van der Waals surface area contributed by atoms with Crippen LogP contribution in [0.1, 0.15) is 30.0 Å². The zero-order valence-corrected chi connectivity index (χ0v) is 15.3. The Morgan fingerprint density at radius 3 is 2.75 bits per heavy atom. The molecule has 1 amide bonds. The Bertz CT molecular complexity index is 1020. The Morgan fingerprint density at radius 2 is 1.96 bits per heavy atom. The minimum Gasteiger partial charge on any atom is -0.504 e. The van der Waals surface area contributed by atoms with E-state index in [9.17, 15) is 15.0 Å². The maximum absolute atomic E-state index is 12.7. The third kappa shape index (κ3) is 3.48. The highest BCUT2D eigenvalue weighted by molar-refractivity contribution is 5.81. The number of rotatable bonds is 3. The molecule has 2 heterocycles. The van der Waals surface area contributed by atoms with Gasteiger partial charge in [0.1, 0.15) is 6.33 Å². The second-order valence-corrected chi connectivity index (χ2v) is 7.15. The monoisotopic (exact) mass is 378 g/mol. The SMILES string of the molecule is NC1CC(c2ncnc3ccccc23)CCN1C(=O)Cc1ccc(O)c(O)c1. The van der Waals surface area contributed by atoms with Crippen molar-refractivity contribution in [3.05, 3.63) is 60.0 Å². The molecule has 0 radical (unpaired) electrons. The second-order valence-electron chi connectivity index (χ2n) is 7.15. The molecule has 3 aromatic rings. The quantitative estimate of drug-likeness (QED) is 0.603. The molecule has 2 unspecified atom stereocenters. The topological polar surface area (TPSA) is 113 Å². The summed E-state index contributed by atoms with van der Waals surface area (Å²) in [6, 6.07) is 12.3. The number of amides is 1. The third-order valence-corrected chi connectivity index (χ3v) is 5.32.